The molecule has 0 aromatic carbocycles. The van der Waals surface area contributed by atoms with Crippen molar-refractivity contribution in [3.63, 3.8) is 0 Å². The fourth-order valence-electron chi connectivity index (χ4n) is 1.70. The summed E-state index contributed by atoms with van der Waals surface area (Å²) in [5, 5.41) is 3.23. The van der Waals surface area contributed by atoms with Gasteiger partial charge in [0.25, 0.3) is 5.56 Å². The topological polar surface area (TPSA) is 70.7 Å². The van der Waals surface area contributed by atoms with Gasteiger partial charge in [0.2, 0.25) is 0 Å². The fourth-order valence-corrected chi connectivity index (χ4v) is 2.01. The molecule has 2 rings (SSSR count). The summed E-state index contributed by atoms with van der Waals surface area (Å²) in [5.41, 5.74) is 2.10. The molecular weight excluding hydrogens is 272 g/mol. The van der Waals surface area contributed by atoms with E-state index in [1.807, 2.05) is 19.1 Å². The molecule has 0 aliphatic carbocycles. The molecule has 0 saturated heterocycles. The van der Waals surface area contributed by atoms with Gasteiger partial charge >= 0.3 is 0 Å². The van der Waals surface area contributed by atoms with Crippen molar-refractivity contribution in [2.45, 2.75) is 13.8 Å². The van der Waals surface area contributed by atoms with Crippen LogP contribution in [0.1, 0.15) is 11.3 Å². The maximum absolute atomic E-state index is 11.7. The number of pyridine rings is 1. The van der Waals surface area contributed by atoms with Gasteiger partial charge in [0.15, 0.2) is 0 Å². The molecule has 0 fully saturated rings. The second-order valence-electron chi connectivity index (χ2n) is 4.48. The number of nitrogens with zero attached hydrogens (tertiary/aromatic N) is 2. The van der Waals surface area contributed by atoms with Gasteiger partial charge in [0.05, 0.1) is 0 Å². The van der Waals surface area contributed by atoms with Gasteiger partial charge in [0, 0.05) is 35.3 Å². The summed E-state index contributed by atoms with van der Waals surface area (Å²) in [6.45, 7) is 4.48. The molecule has 0 aliphatic heterocycles. The summed E-state index contributed by atoms with van der Waals surface area (Å²) in [4.78, 5) is 23.2. The van der Waals surface area contributed by atoms with Gasteiger partial charge in [-0.2, -0.15) is 11.8 Å². The lowest BCUT2D eigenvalue weighted by Crippen LogP contribution is -2.14. The minimum Gasteiger partial charge on any atom is -0.369 e. The molecule has 0 atom stereocenters. The molecule has 0 aliphatic rings. The Bertz CT molecular complexity index is 637. The summed E-state index contributed by atoms with van der Waals surface area (Å²) in [6, 6.07) is 3.80. The van der Waals surface area contributed by atoms with E-state index in [2.05, 4.69) is 26.5 Å². The number of nitrogens with one attached hydrogen (secondary N) is 2. The molecule has 0 spiro atoms. The quantitative estimate of drug-likeness (QED) is 0.826. The number of aromatic amines is 1. The van der Waals surface area contributed by atoms with E-state index >= 15 is 0 Å². The van der Waals surface area contributed by atoms with Gasteiger partial charge < -0.3 is 10.3 Å². The Labute approximate surface area is 122 Å². The van der Waals surface area contributed by atoms with Crippen LogP contribution in [0.2, 0.25) is 0 Å². The van der Waals surface area contributed by atoms with Crippen LogP contribution < -0.4 is 10.9 Å². The second kappa shape index (κ2) is 6.56. The molecule has 0 amide bonds. The molecule has 5 nitrogen and oxygen atoms in total. The Kier molecular flexibility index (Phi) is 4.79. The van der Waals surface area contributed by atoms with E-state index in [-0.39, 0.29) is 5.56 Å². The molecule has 0 bridgehead atoms. The van der Waals surface area contributed by atoms with E-state index in [4.69, 9.17) is 0 Å². The number of aromatic nitrogens is 3. The Morgan fingerprint density at radius 2 is 2.15 bits per heavy atom. The minimum absolute atomic E-state index is 0.102. The van der Waals surface area contributed by atoms with E-state index < -0.39 is 0 Å². The SMILES string of the molecule is CSCCNc1ccc(-c2nc(C)c(C)c(=O)[nH]2)cn1. The smallest absolute Gasteiger partial charge is 0.254 e. The number of rotatable bonds is 5. The zero-order chi connectivity index (χ0) is 14.5. The van der Waals surface area contributed by atoms with Crippen molar-refractivity contribution in [3.05, 3.63) is 39.9 Å². The molecule has 2 aromatic heterocycles. The maximum Gasteiger partial charge on any atom is 0.254 e. The molecular formula is C14H18N4OS. The summed E-state index contributed by atoms with van der Waals surface area (Å²) in [5.74, 6) is 2.42. The Balaban J connectivity index is 2.20. The third-order valence-electron chi connectivity index (χ3n) is 3.04. The zero-order valence-electron chi connectivity index (χ0n) is 11.9. The van der Waals surface area contributed by atoms with E-state index in [1.54, 1.807) is 24.9 Å². The van der Waals surface area contributed by atoms with Crippen LogP contribution >= 0.6 is 11.8 Å². The summed E-state index contributed by atoms with van der Waals surface area (Å²) < 4.78 is 0. The minimum atomic E-state index is -0.102. The van der Waals surface area contributed by atoms with Gasteiger partial charge in [-0.1, -0.05) is 0 Å². The van der Waals surface area contributed by atoms with Gasteiger partial charge in [0.1, 0.15) is 11.6 Å². The van der Waals surface area contributed by atoms with Crippen molar-refractivity contribution in [1.82, 2.24) is 15.0 Å². The van der Waals surface area contributed by atoms with E-state index in [0.717, 1.165) is 29.4 Å². The second-order valence-corrected chi connectivity index (χ2v) is 5.46. The number of thioether (sulfide) groups is 1. The monoisotopic (exact) mass is 290 g/mol. The highest BCUT2D eigenvalue weighted by Crippen LogP contribution is 2.15. The fraction of sp³-hybridized carbons (Fsp3) is 0.357. The molecule has 2 aromatic rings. The van der Waals surface area contributed by atoms with Gasteiger partial charge in [-0.3, -0.25) is 4.79 Å². The Morgan fingerprint density at radius 3 is 2.75 bits per heavy atom. The summed E-state index contributed by atoms with van der Waals surface area (Å²) >= 11 is 1.79. The van der Waals surface area contributed by atoms with E-state index in [1.165, 1.54) is 0 Å². The predicted octanol–water partition coefficient (Wildman–Crippen LogP) is 2.22. The zero-order valence-corrected chi connectivity index (χ0v) is 12.7. The predicted molar refractivity (Wildman–Crippen MR) is 84.4 cm³/mol. The average Bonchev–Trinajstić information content (AvgIpc) is 2.45. The lowest BCUT2D eigenvalue weighted by molar-refractivity contribution is 1.03. The highest BCUT2D eigenvalue weighted by Gasteiger charge is 2.06. The molecule has 2 N–H and O–H groups in total. The molecule has 2 heterocycles. The van der Waals surface area contributed by atoms with Crippen molar-refractivity contribution >= 4 is 17.6 Å². The van der Waals surface area contributed by atoms with Crippen LogP contribution in [-0.2, 0) is 0 Å². The molecule has 0 radical (unpaired) electrons. The van der Waals surface area contributed by atoms with Crippen LogP contribution in [0.25, 0.3) is 11.4 Å². The van der Waals surface area contributed by atoms with Gasteiger partial charge in [-0.25, -0.2) is 9.97 Å². The lowest BCUT2D eigenvalue weighted by atomic mass is 10.2. The Hall–Kier alpha value is -1.82. The summed E-state index contributed by atoms with van der Waals surface area (Å²) in [7, 11) is 0. The first-order chi connectivity index (χ1) is 9.61. The van der Waals surface area contributed by atoms with Crippen LogP contribution in [0, 0.1) is 13.8 Å². The normalized spacial score (nSPS) is 10.6. The number of H-pyrrole nitrogens is 1. The number of anilines is 1. The van der Waals surface area contributed by atoms with Crippen LogP contribution in [0.4, 0.5) is 5.82 Å². The standard InChI is InChI=1S/C14H18N4OS/c1-9-10(2)17-13(18-14(9)19)11-4-5-12(16-8-11)15-6-7-20-3/h4-5,8H,6-7H2,1-3H3,(H,15,16)(H,17,18,19). The van der Waals surface area contributed by atoms with Crippen molar-refractivity contribution in [2.24, 2.45) is 0 Å². The average molecular weight is 290 g/mol. The first kappa shape index (κ1) is 14.6. The molecule has 106 valence electrons. The molecule has 6 heteroatoms. The van der Waals surface area contributed by atoms with Crippen LogP contribution in [0.3, 0.4) is 0 Å². The largest absolute Gasteiger partial charge is 0.369 e. The number of hydrogen-bond donors (Lipinski definition) is 2. The van der Waals surface area contributed by atoms with E-state index in [9.17, 15) is 4.79 Å². The van der Waals surface area contributed by atoms with Crippen molar-refractivity contribution in [1.29, 1.82) is 0 Å². The van der Waals surface area contributed by atoms with Crippen LogP contribution in [0.5, 0.6) is 0 Å². The highest BCUT2D eigenvalue weighted by atomic mass is 32.2. The Morgan fingerprint density at radius 1 is 1.35 bits per heavy atom. The van der Waals surface area contributed by atoms with Crippen LogP contribution in [-0.4, -0.2) is 33.5 Å². The third-order valence-corrected chi connectivity index (χ3v) is 3.66. The maximum atomic E-state index is 11.7. The van der Waals surface area contributed by atoms with Crippen molar-refractivity contribution < 1.29 is 0 Å². The van der Waals surface area contributed by atoms with Crippen molar-refractivity contribution in [2.75, 3.05) is 23.9 Å². The van der Waals surface area contributed by atoms with Crippen LogP contribution in [0.15, 0.2) is 23.1 Å². The third kappa shape index (κ3) is 3.39. The van der Waals surface area contributed by atoms with Gasteiger partial charge in [-0.15, -0.1) is 0 Å². The molecule has 20 heavy (non-hydrogen) atoms. The first-order valence-corrected chi connectivity index (χ1v) is 7.78. The lowest BCUT2D eigenvalue weighted by Gasteiger charge is -2.06. The highest BCUT2D eigenvalue weighted by molar-refractivity contribution is 7.98. The van der Waals surface area contributed by atoms with Crippen molar-refractivity contribution in [3.8, 4) is 11.4 Å². The first-order valence-electron chi connectivity index (χ1n) is 6.38. The number of hydrogen-bond acceptors (Lipinski definition) is 5. The molecule has 0 unspecified atom stereocenters. The van der Waals surface area contributed by atoms with E-state index in [0.29, 0.717) is 11.4 Å². The summed E-state index contributed by atoms with van der Waals surface area (Å²) in [6.07, 6.45) is 3.79. The number of aryl methyl sites for hydroxylation is 1. The van der Waals surface area contributed by atoms with Gasteiger partial charge in [-0.05, 0) is 32.2 Å². The molecule has 0 saturated carbocycles.